The normalized spacial score (nSPS) is 10.5. The fourth-order valence-corrected chi connectivity index (χ4v) is 1.60. The summed E-state index contributed by atoms with van der Waals surface area (Å²) in [5.74, 6) is -1.15. The molecule has 0 saturated carbocycles. The van der Waals surface area contributed by atoms with Crippen LogP contribution in [0.2, 0.25) is 0 Å². The van der Waals surface area contributed by atoms with Crippen molar-refractivity contribution in [2.75, 3.05) is 6.61 Å². The minimum atomic E-state index is -0.564. The number of non-ortho nitro benzene ring substituents is 1. The Balaban J connectivity index is 1.82. The molecule has 0 unspecified atom stereocenters. The number of benzene rings is 2. The van der Waals surface area contributed by atoms with Gasteiger partial charge in [0.15, 0.2) is 18.2 Å². The molecule has 1 amide bonds. The van der Waals surface area contributed by atoms with E-state index in [2.05, 4.69) is 10.5 Å². The van der Waals surface area contributed by atoms with Crippen molar-refractivity contribution in [1.82, 2.24) is 5.43 Å². The highest BCUT2D eigenvalue weighted by molar-refractivity contribution is 5.83. The van der Waals surface area contributed by atoms with Gasteiger partial charge in [0.05, 0.1) is 11.1 Å². The lowest BCUT2D eigenvalue weighted by atomic mass is 10.2. The van der Waals surface area contributed by atoms with Crippen molar-refractivity contribution in [2.45, 2.75) is 0 Å². The Morgan fingerprint density at radius 2 is 1.96 bits per heavy atom. The van der Waals surface area contributed by atoms with Gasteiger partial charge in [-0.3, -0.25) is 14.9 Å². The number of carbonyl (C=O) groups excluding carboxylic acids is 1. The van der Waals surface area contributed by atoms with Crippen molar-refractivity contribution in [3.63, 3.8) is 0 Å². The number of nitrogens with zero attached hydrogens (tertiary/aromatic N) is 2. The zero-order chi connectivity index (χ0) is 16.7. The smallest absolute Gasteiger partial charge is 0.277 e. The Morgan fingerprint density at radius 1 is 1.26 bits per heavy atom. The van der Waals surface area contributed by atoms with Crippen LogP contribution < -0.4 is 10.2 Å². The van der Waals surface area contributed by atoms with Crippen LogP contribution in [-0.4, -0.2) is 23.7 Å². The summed E-state index contributed by atoms with van der Waals surface area (Å²) in [6.45, 7) is -0.390. The van der Waals surface area contributed by atoms with Gasteiger partial charge in [-0.05, 0) is 29.8 Å². The van der Waals surface area contributed by atoms with Crippen LogP contribution in [0.25, 0.3) is 0 Å². The molecule has 0 aromatic heterocycles. The molecule has 0 saturated heterocycles. The minimum absolute atomic E-state index is 0.0259. The minimum Gasteiger partial charge on any atom is -0.481 e. The highest BCUT2D eigenvalue weighted by Gasteiger charge is 2.05. The second-order valence-corrected chi connectivity index (χ2v) is 4.36. The molecule has 1 N–H and O–H groups in total. The summed E-state index contributed by atoms with van der Waals surface area (Å²) < 4.78 is 18.3. The van der Waals surface area contributed by atoms with E-state index in [9.17, 15) is 19.3 Å². The van der Waals surface area contributed by atoms with Crippen molar-refractivity contribution >= 4 is 17.8 Å². The summed E-state index contributed by atoms with van der Waals surface area (Å²) >= 11 is 0. The van der Waals surface area contributed by atoms with Crippen LogP contribution in [-0.2, 0) is 4.79 Å². The van der Waals surface area contributed by atoms with Gasteiger partial charge in [-0.1, -0.05) is 12.1 Å². The largest absolute Gasteiger partial charge is 0.481 e. The quantitative estimate of drug-likeness (QED) is 0.502. The number of hydrazone groups is 1. The van der Waals surface area contributed by atoms with Gasteiger partial charge in [-0.2, -0.15) is 5.10 Å². The number of amides is 1. The van der Waals surface area contributed by atoms with Crippen LogP contribution >= 0.6 is 0 Å². The summed E-state index contributed by atoms with van der Waals surface area (Å²) in [6.07, 6.45) is 1.32. The molecule has 0 bridgehead atoms. The predicted molar refractivity (Wildman–Crippen MR) is 80.7 cm³/mol. The number of nitro benzene ring substituents is 1. The van der Waals surface area contributed by atoms with E-state index in [0.29, 0.717) is 5.56 Å². The fourth-order valence-electron chi connectivity index (χ4n) is 1.60. The lowest BCUT2D eigenvalue weighted by Crippen LogP contribution is -2.24. The Kier molecular flexibility index (Phi) is 5.35. The summed E-state index contributed by atoms with van der Waals surface area (Å²) in [6, 6.07) is 11.4. The maximum absolute atomic E-state index is 13.3. The van der Waals surface area contributed by atoms with Crippen molar-refractivity contribution in [3.05, 3.63) is 70.0 Å². The molecule has 2 aromatic carbocycles. The number of nitrogens with one attached hydrogen (secondary N) is 1. The van der Waals surface area contributed by atoms with E-state index in [-0.39, 0.29) is 11.4 Å². The van der Waals surface area contributed by atoms with E-state index in [1.165, 1.54) is 48.7 Å². The summed E-state index contributed by atoms with van der Waals surface area (Å²) in [4.78, 5) is 21.5. The average molecular weight is 317 g/mol. The summed E-state index contributed by atoms with van der Waals surface area (Å²) in [7, 11) is 0. The van der Waals surface area contributed by atoms with Gasteiger partial charge in [0.1, 0.15) is 0 Å². The molecule has 23 heavy (non-hydrogen) atoms. The van der Waals surface area contributed by atoms with Gasteiger partial charge in [-0.15, -0.1) is 0 Å². The van der Waals surface area contributed by atoms with Crippen molar-refractivity contribution < 1.29 is 18.8 Å². The van der Waals surface area contributed by atoms with Crippen molar-refractivity contribution in [1.29, 1.82) is 0 Å². The van der Waals surface area contributed by atoms with Crippen LogP contribution in [0.4, 0.5) is 10.1 Å². The number of rotatable bonds is 6. The number of ether oxygens (including phenoxy) is 1. The SMILES string of the molecule is O=C(COc1ccccc1F)N/N=C\c1ccc([N+](=O)[O-])cc1. The van der Waals surface area contributed by atoms with E-state index in [0.717, 1.165) is 0 Å². The molecule has 0 heterocycles. The first-order chi connectivity index (χ1) is 11.1. The standard InChI is InChI=1S/C15H12FN3O4/c16-13-3-1-2-4-14(13)23-10-15(20)18-17-9-11-5-7-12(8-6-11)19(21)22/h1-9H,10H2,(H,18,20)/b17-9-. The molecule has 0 atom stereocenters. The van der Waals surface area contributed by atoms with Gasteiger partial charge in [0, 0.05) is 12.1 Å². The monoisotopic (exact) mass is 317 g/mol. The molecule has 0 radical (unpaired) electrons. The number of halogens is 1. The first-order valence-electron chi connectivity index (χ1n) is 6.50. The van der Waals surface area contributed by atoms with Gasteiger partial charge in [0.25, 0.3) is 11.6 Å². The van der Waals surface area contributed by atoms with Crippen LogP contribution in [0, 0.1) is 15.9 Å². The number of hydrogen-bond donors (Lipinski definition) is 1. The maximum atomic E-state index is 13.3. The molecule has 0 aliphatic carbocycles. The Bertz CT molecular complexity index is 732. The third-order valence-electron chi connectivity index (χ3n) is 2.70. The van der Waals surface area contributed by atoms with Gasteiger partial charge in [-0.25, -0.2) is 9.82 Å². The fraction of sp³-hybridized carbons (Fsp3) is 0.0667. The molecule has 2 aromatic rings. The Hall–Kier alpha value is -3.29. The molecule has 0 fully saturated rings. The lowest BCUT2D eigenvalue weighted by Gasteiger charge is -2.05. The summed E-state index contributed by atoms with van der Waals surface area (Å²) in [5, 5.41) is 14.2. The zero-order valence-electron chi connectivity index (χ0n) is 11.8. The lowest BCUT2D eigenvalue weighted by molar-refractivity contribution is -0.384. The average Bonchev–Trinajstić information content (AvgIpc) is 2.54. The van der Waals surface area contributed by atoms with Crippen LogP contribution in [0.15, 0.2) is 53.6 Å². The predicted octanol–water partition coefficient (Wildman–Crippen LogP) is 2.26. The van der Waals surface area contributed by atoms with E-state index in [4.69, 9.17) is 4.74 Å². The van der Waals surface area contributed by atoms with Crippen molar-refractivity contribution in [3.8, 4) is 5.75 Å². The highest BCUT2D eigenvalue weighted by atomic mass is 19.1. The first kappa shape index (κ1) is 16.1. The Labute approximate surface area is 130 Å². The second-order valence-electron chi connectivity index (χ2n) is 4.36. The Morgan fingerprint density at radius 3 is 2.61 bits per heavy atom. The van der Waals surface area contributed by atoms with Crippen molar-refractivity contribution in [2.24, 2.45) is 5.10 Å². The van der Waals surface area contributed by atoms with E-state index in [1.54, 1.807) is 6.07 Å². The first-order valence-corrected chi connectivity index (χ1v) is 6.50. The molecule has 0 spiro atoms. The molecule has 0 aliphatic rings. The van der Waals surface area contributed by atoms with E-state index in [1.807, 2.05) is 0 Å². The van der Waals surface area contributed by atoms with E-state index >= 15 is 0 Å². The maximum Gasteiger partial charge on any atom is 0.277 e. The van der Waals surface area contributed by atoms with Crippen LogP contribution in [0.1, 0.15) is 5.56 Å². The molecule has 7 nitrogen and oxygen atoms in total. The van der Waals surface area contributed by atoms with E-state index < -0.39 is 23.3 Å². The molecule has 2 rings (SSSR count). The van der Waals surface area contributed by atoms with Crippen LogP contribution in [0.3, 0.4) is 0 Å². The zero-order valence-corrected chi connectivity index (χ0v) is 11.8. The topological polar surface area (TPSA) is 93.8 Å². The highest BCUT2D eigenvalue weighted by Crippen LogP contribution is 2.14. The molecule has 0 aliphatic heterocycles. The number of carbonyl (C=O) groups is 1. The molecule has 118 valence electrons. The third kappa shape index (κ3) is 4.88. The summed E-state index contributed by atoms with van der Waals surface area (Å²) in [5.41, 5.74) is 2.74. The number of para-hydroxylation sites is 1. The number of hydrogen-bond acceptors (Lipinski definition) is 5. The van der Waals surface area contributed by atoms with Crippen LogP contribution in [0.5, 0.6) is 5.75 Å². The van der Waals surface area contributed by atoms with Gasteiger partial charge in [0.2, 0.25) is 0 Å². The number of nitro groups is 1. The van der Waals surface area contributed by atoms with Gasteiger partial charge >= 0.3 is 0 Å². The molecular formula is C15H12FN3O4. The third-order valence-corrected chi connectivity index (χ3v) is 2.70. The second kappa shape index (κ2) is 7.64. The molecule has 8 heteroatoms. The van der Waals surface area contributed by atoms with Gasteiger partial charge < -0.3 is 4.74 Å². The molecular weight excluding hydrogens is 305 g/mol.